The van der Waals surface area contributed by atoms with E-state index in [2.05, 4.69) is 10.6 Å². The minimum Gasteiger partial charge on any atom is -0.492 e. The predicted molar refractivity (Wildman–Crippen MR) is 121 cm³/mol. The van der Waals surface area contributed by atoms with E-state index >= 15 is 0 Å². The molecule has 0 aliphatic carbocycles. The Morgan fingerprint density at radius 1 is 1.00 bits per heavy atom. The van der Waals surface area contributed by atoms with Gasteiger partial charge in [-0.25, -0.2) is 9.48 Å². The Labute approximate surface area is 181 Å². The molecule has 2 aromatic carbocycles. The number of anilines is 1. The van der Waals surface area contributed by atoms with Crippen LogP contribution in [0.5, 0.6) is 5.75 Å². The van der Waals surface area contributed by atoms with Crippen molar-refractivity contribution >= 4 is 11.7 Å². The molecule has 4 aromatic rings. The zero-order chi connectivity index (χ0) is 21.6. The number of aromatic nitrogens is 3. The van der Waals surface area contributed by atoms with Crippen molar-refractivity contribution in [3.8, 4) is 17.3 Å². The van der Waals surface area contributed by atoms with Gasteiger partial charge in [-0.05, 0) is 50.2 Å². The summed E-state index contributed by atoms with van der Waals surface area (Å²) in [6.45, 7) is 4.71. The van der Waals surface area contributed by atoms with Crippen molar-refractivity contribution in [2.45, 2.75) is 20.4 Å². The minimum absolute atomic E-state index is 0.308. The van der Waals surface area contributed by atoms with Gasteiger partial charge in [-0.1, -0.05) is 30.3 Å². The van der Waals surface area contributed by atoms with Crippen LogP contribution in [-0.2, 0) is 6.54 Å². The van der Waals surface area contributed by atoms with Gasteiger partial charge < -0.3 is 19.9 Å². The zero-order valence-corrected chi connectivity index (χ0v) is 17.6. The number of nitrogens with zero attached hydrogens (tertiary/aromatic N) is 3. The van der Waals surface area contributed by atoms with Gasteiger partial charge in [0, 0.05) is 18.0 Å². The number of para-hydroxylation sites is 3. The second-order valence-electron chi connectivity index (χ2n) is 6.96. The molecule has 4 rings (SSSR count). The molecular formula is C24H25N5O2. The third-order valence-electron chi connectivity index (χ3n) is 4.87. The molecule has 0 spiro atoms. The Balaban J connectivity index is 1.58. The van der Waals surface area contributed by atoms with Crippen molar-refractivity contribution in [3.63, 3.8) is 0 Å². The summed E-state index contributed by atoms with van der Waals surface area (Å²) in [6.07, 6.45) is 3.94. The maximum atomic E-state index is 12.6. The van der Waals surface area contributed by atoms with Crippen molar-refractivity contribution in [1.29, 1.82) is 0 Å². The molecule has 31 heavy (non-hydrogen) atoms. The molecule has 0 unspecified atom stereocenters. The van der Waals surface area contributed by atoms with Gasteiger partial charge in [0.1, 0.15) is 11.6 Å². The molecule has 0 bridgehead atoms. The lowest BCUT2D eigenvalue weighted by atomic mass is 10.2. The van der Waals surface area contributed by atoms with E-state index in [0.29, 0.717) is 24.6 Å². The molecular weight excluding hydrogens is 390 g/mol. The fourth-order valence-corrected chi connectivity index (χ4v) is 3.43. The van der Waals surface area contributed by atoms with Gasteiger partial charge in [-0.15, -0.1) is 0 Å². The van der Waals surface area contributed by atoms with Gasteiger partial charge in [0.25, 0.3) is 0 Å². The van der Waals surface area contributed by atoms with Crippen LogP contribution in [-0.4, -0.2) is 27.0 Å². The number of amides is 2. The summed E-state index contributed by atoms with van der Waals surface area (Å²) in [6, 6.07) is 20.9. The highest BCUT2D eigenvalue weighted by Gasteiger charge is 2.18. The van der Waals surface area contributed by atoms with Crippen LogP contribution in [0.1, 0.15) is 18.2 Å². The lowest BCUT2D eigenvalue weighted by molar-refractivity contribution is 0.251. The molecule has 0 saturated carbocycles. The van der Waals surface area contributed by atoms with Crippen LogP contribution in [0.15, 0.2) is 79.1 Å². The first-order valence-corrected chi connectivity index (χ1v) is 10.2. The molecule has 0 aliphatic heterocycles. The number of carbonyl (C=O) groups is 1. The maximum absolute atomic E-state index is 12.6. The SMILES string of the molecule is CCOc1ccccc1NC(=O)NCc1c(C)nn(-c2ccccc2)c1-n1cccc1. The first-order valence-electron chi connectivity index (χ1n) is 10.2. The molecule has 2 heterocycles. The first kappa shape index (κ1) is 20.3. The number of urea groups is 1. The highest BCUT2D eigenvalue weighted by Crippen LogP contribution is 2.25. The number of carbonyl (C=O) groups excluding carboxylic acids is 1. The summed E-state index contributed by atoms with van der Waals surface area (Å²) in [5.41, 5.74) is 3.37. The molecule has 2 aromatic heterocycles. The summed E-state index contributed by atoms with van der Waals surface area (Å²) in [7, 11) is 0. The molecule has 7 nitrogen and oxygen atoms in total. The quantitative estimate of drug-likeness (QED) is 0.460. The van der Waals surface area contributed by atoms with Crippen LogP contribution in [0.25, 0.3) is 11.5 Å². The fourth-order valence-electron chi connectivity index (χ4n) is 3.43. The van der Waals surface area contributed by atoms with E-state index in [1.165, 1.54) is 0 Å². The van der Waals surface area contributed by atoms with Crippen molar-refractivity contribution in [1.82, 2.24) is 19.7 Å². The molecule has 0 fully saturated rings. The number of hydrogen-bond acceptors (Lipinski definition) is 3. The standard InChI is InChI=1S/C24H25N5O2/c1-3-31-22-14-8-7-13-21(22)26-24(30)25-17-20-18(2)27-29(19-11-5-4-6-12-19)23(20)28-15-9-10-16-28/h4-16H,3,17H2,1-2H3,(H2,25,26,30). The van der Waals surface area contributed by atoms with Crippen LogP contribution >= 0.6 is 0 Å². The Hall–Kier alpha value is -4.00. The lowest BCUT2D eigenvalue weighted by Gasteiger charge is -2.13. The summed E-state index contributed by atoms with van der Waals surface area (Å²) >= 11 is 0. The van der Waals surface area contributed by atoms with Gasteiger partial charge >= 0.3 is 6.03 Å². The van der Waals surface area contributed by atoms with Gasteiger partial charge in [0.2, 0.25) is 0 Å². The Morgan fingerprint density at radius 3 is 2.45 bits per heavy atom. The Bertz CT molecular complexity index is 1150. The first-order chi connectivity index (χ1) is 15.2. The monoisotopic (exact) mass is 415 g/mol. The number of nitrogens with one attached hydrogen (secondary N) is 2. The van der Waals surface area contributed by atoms with Crippen molar-refractivity contribution < 1.29 is 9.53 Å². The third-order valence-corrected chi connectivity index (χ3v) is 4.87. The van der Waals surface area contributed by atoms with Gasteiger partial charge in [-0.2, -0.15) is 5.10 Å². The molecule has 7 heteroatoms. The van der Waals surface area contributed by atoms with E-state index in [0.717, 1.165) is 22.8 Å². The van der Waals surface area contributed by atoms with E-state index in [4.69, 9.17) is 9.84 Å². The Kier molecular flexibility index (Phi) is 6.03. The van der Waals surface area contributed by atoms with Crippen LogP contribution in [0.4, 0.5) is 10.5 Å². The van der Waals surface area contributed by atoms with E-state index in [1.807, 2.05) is 102 Å². The number of rotatable bonds is 7. The molecule has 0 saturated heterocycles. The second kappa shape index (κ2) is 9.21. The third kappa shape index (κ3) is 4.45. The van der Waals surface area contributed by atoms with Crippen molar-refractivity contribution in [2.75, 3.05) is 11.9 Å². The molecule has 0 atom stereocenters. The molecule has 158 valence electrons. The molecule has 0 aliphatic rings. The highest BCUT2D eigenvalue weighted by atomic mass is 16.5. The predicted octanol–water partition coefficient (Wildman–Crippen LogP) is 4.69. The van der Waals surface area contributed by atoms with Crippen LogP contribution < -0.4 is 15.4 Å². The highest BCUT2D eigenvalue weighted by molar-refractivity contribution is 5.90. The zero-order valence-electron chi connectivity index (χ0n) is 17.6. The van der Waals surface area contributed by atoms with Crippen LogP contribution in [0.2, 0.25) is 0 Å². The maximum Gasteiger partial charge on any atom is 0.319 e. The number of ether oxygens (including phenoxy) is 1. The van der Waals surface area contributed by atoms with Gasteiger partial charge in [-0.3, -0.25) is 0 Å². The number of aryl methyl sites for hydroxylation is 1. The molecule has 2 amide bonds. The summed E-state index contributed by atoms with van der Waals surface area (Å²) in [4.78, 5) is 12.6. The summed E-state index contributed by atoms with van der Waals surface area (Å²) in [5.74, 6) is 1.53. The fraction of sp³-hybridized carbons (Fsp3) is 0.167. The van der Waals surface area contributed by atoms with Gasteiger partial charge in [0.15, 0.2) is 0 Å². The Morgan fingerprint density at radius 2 is 1.71 bits per heavy atom. The number of benzene rings is 2. The average Bonchev–Trinajstić information content (AvgIpc) is 3.42. The number of hydrogen-bond donors (Lipinski definition) is 2. The molecule has 0 radical (unpaired) electrons. The van der Waals surface area contributed by atoms with Gasteiger partial charge in [0.05, 0.1) is 30.2 Å². The largest absolute Gasteiger partial charge is 0.492 e. The lowest BCUT2D eigenvalue weighted by Crippen LogP contribution is -2.29. The normalized spacial score (nSPS) is 10.6. The van der Waals surface area contributed by atoms with E-state index in [-0.39, 0.29) is 6.03 Å². The topological polar surface area (TPSA) is 73.1 Å². The van der Waals surface area contributed by atoms with Crippen molar-refractivity contribution in [3.05, 3.63) is 90.4 Å². The summed E-state index contributed by atoms with van der Waals surface area (Å²) in [5, 5.41) is 10.6. The smallest absolute Gasteiger partial charge is 0.319 e. The van der Waals surface area contributed by atoms with E-state index in [9.17, 15) is 4.79 Å². The average molecular weight is 415 g/mol. The second-order valence-corrected chi connectivity index (χ2v) is 6.96. The van der Waals surface area contributed by atoms with E-state index < -0.39 is 0 Å². The van der Waals surface area contributed by atoms with Crippen LogP contribution in [0.3, 0.4) is 0 Å². The van der Waals surface area contributed by atoms with Crippen molar-refractivity contribution in [2.24, 2.45) is 0 Å². The van der Waals surface area contributed by atoms with E-state index in [1.54, 1.807) is 0 Å². The summed E-state index contributed by atoms with van der Waals surface area (Å²) < 4.78 is 9.48. The minimum atomic E-state index is -0.308. The molecule has 2 N–H and O–H groups in total. The van der Waals surface area contributed by atoms with Crippen LogP contribution in [0, 0.1) is 6.92 Å².